The second-order valence-corrected chi connectivity index (χ2v) is 8.19. The molecule has 0 saturated heterocycles. The number of nitrogens with zero attached hydrogens (tertiary/aromatic N) is 2. The van der Waals surface area contributed by atoms with Crippen LogP contribution in [0.5, 0.6) is 17.2 Å². The van der Waals surface area contributed by atoms with Gasteiger partial charge in [-0.3, -0.25) is 14.6 Å². The molecule has 8 nitrogen and oxygen atoms in total. The molecule has 176 valence electrons. The SMILES string of the molecule is COc1ccc(Cl)cc1NC(=O)[C@@H]1c2cc(OC)c(OC)cc2C(=O)N(C)[C@@H]1c1cccnc1. The third-order valence-electron chi connectivity index (χ3n) is 5.90. The Kier molecular flexibility index (Phi) is 6.61. The Balaban J connectivity index is 1.89. The van der Waals surface area contributed by atoms with Gasteiger partial charge in [0, 0.05) is 30.0 Å². The molecule has 0 saturated carbocycles. The highest BCUT2D eigenvalue weighted by atomic mass is 35.5. The van der Waals surface area contributed by atoms with Crippen LogP contribution >= 0.6 is 11.6 Å². The minimum Gasteiger partial charge on any atom is -0.495 e. The third kappa shape index (κ3) is 4.12. The molecule has 0 bridgehead atoms. The Labute approximate surface area is 202 Å². The van der Waals surface area contributed by atoms with Crippen molar-refractivity contribution in [3.05, 3.63) is 76.6 Å². The summed E-state index contributed by atoms with van der Waals surface area (Å²) in [5, 5.41) is 3.38. The van der Waals surface area contributed by atoms with Gasteiger partial charge in [-0.1, -0.05) is 17.7 Å². The monoisotopic (exact) mass is 481 g/mol. The topological polar surface area (TPSA) is 90.0 Å². The lowest BCUT2D eigenvalue weighted by Crippen LogP contribution is -2.44. The van der Waals surface area contributed by atoms with Crippen molar-refractivity contribution in [3.63, 3.8) is 0 Å². The third-order valence-corrected chi connectivity index (χ3v) is 6.14. The minimum atomic E-state index is -0.787. The molecule has 9 heteroatoms. The normalized spacial score (nSPS) is 17.1. The van der Waals surface area contributed by atoms with Gasteiger partial charge in [-0.25, -0.2) is 0 Å². The maximum Gasteiger partial charge on any atom is 0.254 e. The fraction of sp³-hybridized carbons (Fsp3) is 0.240. The Bertz CT molecular complexity index is 1230. The number of methoxy groups -OCH3 is 3. The zero-order valence-corrected chi connectivity index (χ0v) is 19.9. The lowest BCUT2D eigenvalue weighted by atomic mass is 9.79. The summed E-state index contributed by atoms with van der Waals surface area (Å²) in [6, 6.07) is 11.2. The number of nitrogens with one attached hydrogen (secondary N) is 1. The number of carbonyl (C=O) groups is 2. The molecular formula is C25H24ClN3O5. The van der Waals surface area contributed by atoms with Crippen LogP contribution in [0.2, 0.25) is 5.02 Å². The Morgan fingerprint density at radius 1 is 1.03 bits per heavy atom. The molecule has 34 heavy (non-hydrogen) atoms. The van der Waals surface area contributed by atoms with Crippen LogP contribution in [-0.2, 0) is 4.79 Å². The van der Waals surface area contributed by atoms with E-state index in [1.165, 1.54) is 21.3 Å². The van der Waals surface area contributed by atoms with Gasteiger partial charge in [0.05, 0.1) is 39.0 Å². The van der Waals surface area contributed by atoms with Crippen LogP contribution in [0.25, 0.3) is 0 Å². The number of hydrogen-bond donors (Lipinski definition) is 1. The maximum absolute atomic E-state index is 13.9. The number of rotatable bonds is 6. The molecule has 0 radical (unpaired) electrons. The van der Waals surface area contributed by atoms with Gasteiger partial charge in [-0.05, 0) is 47.5 Å². The summed E-state index contributed by atoms with van der Waals surface area (Å²) in [5.41, 5.74) is 2.02. The molecule has 0 spiro atoms. The summed E-state index contributed by atoms with van der Waals surface area (Å²) in [5.74, 6) is -0.0922. The average Bonchev–Trinajstić information content (AvgIpc) is 2.85. The lowest BCUT2D eigenvalue weighted by Gasteiger charge is -2.40. The van der Waals surface area contributed by atoms with Crippen LogP contribution in [0.15, 0.2) is 54.9 Å². The molecule has 0 aliphatic carbocycles. The van der Waals surface area contributed by atoms with Crippen molar-refractivity contribution in [2.45, 2.75) is 12.0 Å². The second kappa shape index (κ2) is 9.61. The molecule has 2 heterocycles. The van der Waals surface area contributed by atoms with Crippen molar-refractivity contribution in [1.29, 1.82) is 0 Å². The van der Waals surface area contributed by atoms with Crippen LogP contribution in [-0.4, -0.2) is 50.1 Å². The Morgan fingerprint density at radius 3 is 2.38 bits per heavy atom. The van der Waals surface area contributed by atoms with E-state index in [1.54, 1.807) is 60.7 Å². The van der Waals surface area contributed by atoms with E-state index >= 15 is 0 Å². The number of likely N-dealkylation sites (N-methyl/N-ethyl adjacent to an activating group) is 1. The van der Waals surface area contributed by atoms with Gasteiger partial charge in [0.1, 0.15) is 5.75 Å². The van der Waals surface area contributed by atoms with Crippen LogP contribution in [0, 0.1) is 0 Å². The van der Waals surface area contributed by atoms with Gasteiger partial charge < -0.3 is 24.4 Å². The number of halogens is 1. The predicted octanol–water partition coefficient (Wildman–Crippen LogP) is 4.31. The highest BCUT2D eigenvalue weighted by molar-refractivity contribution is 6.31. The van der Waals surface area contributed by atoms with Crippen molar-refractivity contribution in [2.75, 3.05) is 33.7 Å². The van der Waals surface area contributed by atoms with Crippen molar-refractivity contribution in [1.82, 2.24) is 9.88 Å². The first-order valence-corrected chi connectivity index (χ1v) is 10.8. The summed E-state index contributed by atoms with van der Waals surface area (Å²) >= 11 is 6.17. The number of pyridine rings is 1. The first kappa shape index (κ1) is 23.4. The Morgan fingerprint density at radius 2 is 1.74 bits per heavy atom. The molecule has 1 aromatic heterocycles. The zero-order chi connectivity index (χ0) is 24.4. The van der Waals surface area contributed by atoms with Gasteiger partial charge in [-0.15, -0.1) is 0 Å². The number of ether oxygens (including phenoxy) is 3. The molecule has 0 fully saturated rings. The number of benzene rings is 2. The average molecular weight is 482 g/mol. The number of aromatic nitrogens is 1. The summed E-state index contributed by atoms with van der Waals surface area (Å²) in [6.07, 6.45) is 3.29. The number of hydrogen-bond acceptors (Lipinski definition) is 6. The van der Waals surface area contributed by atoms with Crippen molar-refractivity contribution in [3.8, 4) is 17.2 Å². The number of fused-ring (bicyclic) bond motifs is 1. The molecule has 2 aromatic carbocycles. The van der Waals surface area contributed by atoms with Gasteiger partial charge in [0.2, 0.25) is 5.91 Å². The molecule has 0 unspecified atom stereocenters. The van der Waals surface area contributed by atoms with Gasteiger partial charge >= 0.3 is 0 Å². The maximum atomic E-state index is 13.9. The smallest absolute Gasteiger partial charge is 0.254 e. The number of anilines is 1. The Hall–Kier alpha value is -3.78. The number of carbonyl (C=O) groups excluding carboxylic acids is 2. The molecular weight excluding hydrogens is 458 g/mol. The molecule has 4 rings (SSSR count). The standard InChI is InChI=1S/C25H24ClN3O5/c1-29-23(14-6-5-9-27-13-14)22(24(30)28-18-10-15(26)7-8-19(18)32-2)16-11-20(33-3)21(34-4)12-17(16)25(29)31/h5-13,22-23H,1-4H3,(H,28,30)/t22-,23-/m1/s1. The van der Waals surface area contributed by atoms with Gasteiger partial charge in [0.25, 0.3) is 5.91 Å². The van der Waals surface area contributed by atoms with E-state index in [9.17, 15) is 9.59 Å². The molecule has 1 aliphatic heterocycles. The van der Waals surface area contributed by atoms with Crippen LogP contribution in [0.4, 0.5) is 5.69 Å². The van der Waals surface area contributed by atoms with Crippen LogP contribution < -0.4 is 19.5 Å². The molecule has 1 N–H and O–H groups in total. The van der Waals surface area contributed by atoms with Crippen molar-refractivity contribution >= 4 is 29.1 Å². The van der Waals surface area contributed by atoms with E-state index in [0.717, 1.165) is 5.56 Å². The predicted molar refractivity (Wildman–Crippen MR) is 128 cm³/mol. The van der Waals surface area contributed by atoms with Crippen LogP contribution in [0.1, 0.15) is 33.4 Å². The zero-order valence-electron chi connectivity index (χ0n) is 19.2. The summed E-state index contributed by atoms with van der Waals surface area (Å²) in [7, 11) is 6.18. The van der Waals surface area contributed by atoms with Crippen molar-refractivity contribution < 1.29 is 23.8 Å². The lowest BCUT2D eigenvalue weighted by molar-refractivity contribution is -0.119. The van der Waals surface area contributed by atoms with E-state index in [-0.39, 0.29) is 11.8 Å². The fourth-order valence-corrected chi connectivity index (χ4v) is 4.46. The van der Waals surface area contributed by atoms with E-state index in [2.05, 4.69) is 10.3 Å². The molecule has 2 atom stereocenters. The first-order chi connectivity index (χ1) is 16.4. The van der Waals surface area contributed by atoms with E-state index in [4.69, 9.17) is 25.8 Å². The molecule has 2 amide bonds. The largest absolute Gasteiger partial charge is 0.495 e. The van der Waals surface area contributed by atoms with E-state index in [1.807, 2.05) is 6.07 Å². The van der Waals surface area contributed by atoms with Gasteiger partial charge in [-0.2, -0.15) is 0 Å². The fourth-order valence-electron chi connectivity index (χ4n) is 4.29. The minimum absolute atomic E-state index is 0.241. The molecule has 1 aliphatic rings. The summed E-state index contributed by atoms with van der Waals surface area (Å²) in [6.45, 7) is 0. The highest BCUT2D eigenvalue weighted by Crippen LogP contribution is 2.46. The number of amides is 2. The summed E-state index contributed by atoms with van der Waals surface area (Å²) < 4.78 is 16.3. The molecule has 3 aromatic rings. The van der Waals surface area contributed by atoms with Crippen LogP contribution in [0.3, 0.4) is 0 Å². The first-order valence-electron chi connectivity index (χ1n) is 10.5. The van der Waals surface area contributed by atoms with Crippen molar-refractivity contribution in [2.24, 2.45) is 0 Å². The second-order valence-electron chi connectivity index (χ2n) is 7.75. The van der Waals surface area contributed by atoms with E-state index < -0.39 is 12.0 Å². The van der Waals surface area contributed by atoms with Gasteiger partial charge in [0.15, 0.2) is 11.5 Å². The highest BCUT2D eigenvalue weighted by Gasteiger charge is 2.44. The van der Waals surface area contributed by atoms with E-state index in [0.29, 0.717) is 39.1 Å². The summed E-state index contributed by atoms with van der Waals surface area (Å²) in [4.78, 5) is 33.0. The quantitative estimate of drug-likeness (QED) is 0.564.